The normalized spacial score (nSPS) is 21.7. The number of ether oxygens (including phenoxy) is 1. The van der Waals surface area contributed by atoms with Crippen molar-refractivity contribution >= 4 is 17.8 Å². The zero-order valence-electron chi connectivity index (χ0n) is 15.2. The molecule has 1 unspecified atom stereocenters. The lowest BCUT2D eigenvalue weighted by Crippen LogP contribution is -2.59. The molecular formula is C18H31N3O4. The molecule has 7 nitrogen and oxygen atoms in total. The van der Waals surface area contributed by atoms with Gasteiger partial charge in [0, 0.05) is 19.1 Å². The minimum Gasteiger partial charge on any atom is -0.466 e. The molecule has 0 aromatic heterocycles. The molecule has 0 bridgehead atoms. The molecule has 1 aliphatic heterocycles. The largest absolute Gasteiger partial charge is 0.466 e. The number of carbonyl (C=O) groups excluding carboxylic acids is 3. The summed E-state index contributed by atoms with van der Waals surface area (Å²) in [5.74, 6) is -0.815. The Kier molecular flexibility index (Phi) is 8.18. The summed E-state index contributed by atoms with van der Waals surface area (Å²) in [7, 11) is 0. The third kappa shape index (κ3) is 6.30. The Hall–Kier alpha value is -1.63. The highest BCUT2D eigenvalue weighted by Gasteiger charge is 2.35. The summed E-state index contributed by atoms with van der Waals surface area (Å²) >= 11 is 0. The van der Waals surface area contributed by atoms with E-state index in [-0.39, 0.29) is 24.8 Å². The highest BCUT2D eigenvalue weighted by atomic mass is 16.5. The predicted molar refractivity (Wildman–Crippen MR) is 93.9 cm³/mol. The lowest BCUT2D eigenvalue weighted by atomic mass is 9.95. The monoisotopic (exact) mass is 353 g/mol. The molecule has 142 valence electrons. The molecule has 1 saturated carbocycles. The maximum absolute atomic E-state index is 12.6. The lowest BCUT2D eigenvalue weighted by Gasteiger charge is -2.35. The number of carbonyl (C=O) groups is 3. The van der Waals surface area contributed by atoms with E-state index in [1.54, 1.807) is 0 Å². The molecule has 25 heavy (non-hydrogen) atoms. The summed E-state index contributed by atoms with van der Waals surface area (Å²) in [4.78, 5) is 38.2. The SMILES string of the molecule is CCCCOC(=O)CC1C(=O)NCCN1C(=O)CNC1CCCCC1. The van der Waals surface area contributed by atoms with Gasteiger partial charge in [0.1, 0.15) is 6.04 Å². The fourth-order valence-electron chi connectivity index (χ4n) is 3.40. The molecule has 0 aromatic carbocycles. The molecule has 1 aliphatic carbocycles. The van der Waals surface area contributed by atoms with Crippen molar-refractivity contribution in [3.8, 4) is 0 Å². The number of rotatable bonds is 8. The van der Waals surface area contributed by atoms with E-state index in [0.717, 1.165) is 25.7 Å². The number of amides is 2. The molecule has 2 aliphatic rings. The van der Waals surface area contributed by atoms with Crippen LogP contribution in [0, 0.1) is 0 Å². The van der Waals surface area contributed by atoms with Crippen molar-refractivity contribution in [1.29, 1.82) is 0 Å². The van der Waals surface area contributed by atoms with Crippen LogP contribution in [0.25, 0.3) is 0 Å². The first-order chi connectivity index (χ1) is 12.1. The molecule has 2 fully saturated rings. The highest BCUT2D eigenvalue weighted by molar-refractivity contribution is 5.92. The second-order valence-electron chi connectivity index (χ2n) is 6.89. The van der Waals surface area contributed by atoms with Gasteiger partial charge in [-0.2, -0.15) is 0 Å². The average molecular weight is 353 g/mol. The molecule has 2 rings (SSSR count). The maximum atomic E-state index is 12.6. The Labute approximate surface area is 149 Å². The fourth-order valence-corrected chi connectivity index (χ4v) is 3.40. The van der Waals surface area contributed by atoms with Gasteiger partial charge >= 0.3 is 5.97 Å². The Bertz CT molecular complexity index is 463. The summed E-state index contributed by atoms with van der Waals surface area (Å²) in [5, 5.41) is 6.04. The van der Waals surface area contributed by atoms with Crippen LogP contribution in [-0.2, 0) is 19.1 Å². The minimum atomic E-state index is -0.761. The Morgan fingerprint density at radius 1 is 1.28 bits per heavy atom. The third-order valence-electron chi connectivity index (χ3n) is 4.92. The smallest absolute Gasteiger partial charge is 0.308 e. The van der Waals surface area contributed by atoms with Gasteiger partial charge in [-0.3, -0.25) is 14.4 Å². The molecule has 2 amide bonds. The molecule has 0 spiro atoms. The van der Waals surface area contributed by atoms with Crippen LogP contribution in [0.15, 0.2) is 0 Å². The number of hydrogen-bond donors (Lipinski definition) is 2. The summed E-state index contributed by atoms with van der Waals surface area (Å²) < 4.78 is 5.14. The van der Waals surface area contributed by atoms with Crippen molar-refractivity contribution in [2.75, 3.05) is 26.2 Å². The van der Waals surface area contributed by atoms with Crippen LogP contribution in [0.4, 0.5) is 0 Å². The van der Waals surface area contributed by atoms with Crippen molar-refractivity contribution in [1.82, 2.24) is 15.5 Å². The summed E-state index contributed by atoms with van der Waals surface area (Å²) in [5.41, 5.74) is 0. The van der Waals surface area contributed by atoms with Crippen LogP contribution >= 0.6 is 0 Å². The van der Waals surface area contributed by atoms with Gasteiger partial charge in [-0.15, -0.1) is 0 Å². The van der Waals surface area contributed by atoms with Crippen molar-refractivity contribution in [2.45, 2.75) is 70.4 Å². The molecule has 7 heteroatoms. The van der Waals surface area contributed by atoms with E-state index >= 15 is 0 Å². The van der Waals surface area contributed by atoms with Gasteiger partial charge in [0.2, 0.25) is 11.8 Å². The number of nitrogens with zero attached hydrogens (tertiary/aromatic N) is 1. The summed E-state index contributed by atoms with van der Waals surface area (Å²) in [6.45, 7) is 3.46. The molecule has 1 atom stereocenters. The van der Waals surface area contributed by atoms with Crippen LogP contribution in [0.2, 0.25) is 0 Å². The van der Waals surface area contributed by atoms with Crippen molar-refractivity contribution in [3.63, 3.8) is 0 Å². The second kappa shape index (κ2) is 10.4. The summed E-state index contributed by atoms with van der Waals surface area (Å²) in [6.07, 6.45) is 7.52. The molecular weight excluding hydrogens is 322 g/mol. The average Bonchev–Trinajstić information content (AvgIpc) is 2.62. The van der Waals surface area contributed by atoms with Crippen LogP contribution in [0.1, 0.15) is 58.3 Å². The van der Waals surface area contributed by atoms with E-state index in [9.17, 15) is 14.4 Å². The summed E-state index contributed by atoms with van der Waals surface area (Å²) in [6, 6.07) is -0.377. The maximum Gasteiger partial charge on any atom is 0.308 e. The Morgan fingerprint density at radius 2 is 2.04 bits per heavy atom. The first-order valence-corrected chi connectivity index (χ1v) is 9.58. The van der Waals surface area contributed by atoms with Gasteiger partial charge < -0.3 is 20.3 Å². The predicted octanol–water partition coefficient (Wildman–Crippen LogP) is 0.969. The molecule has 0 aromatic rings. The van der Waals surface area contributed by atoms with Gasteiger partial charge in [-0.25, -0.2) is 0 Å². The molecule has 1 saturated heterocycles. The van der Waals surface area contributed by atoms with E-state index in [1.807, 2.05) is 6.92 Å². The number of hydrogen-bond acceptors (Lipinski definition) is 5. The first-order valence-electron chi connectivity index (χ1n) is 9.58. The van der Waals surface area contributed by atoms with E-state index in [4.69, 9.17) is 4.74 Å². The second-order valence-corrected chi connectivity index (χ2v) is 6.89. The van der Waals surface area contributed by atoms with Gasteiger partial charge in [0.05, 0.1) is 19.6 Å². The van der Waals surface area contributed by atoms with Crippen LogP contribution < -0.4 is 10.6 Å². The van der Waals surface area contributed by atoms with E-state index in [0.29, 0.717) is 25.7 Å². The van der Waals surface area contributed by atoms with Crippen LogP contribution in [0.5, 0.6) is 0 Å². The highest BCUT2D eigenvalue weighted by Crippen LogP contribution is 2.17. The van der Waals surface area contributed by atoms with E-state index < -0.39 is 12.0 Å². The topological polar surface area (TPSA) is 87.7 Å². The fraction of sp³-hybridized carbons (Fsp3) is 0.833. The van der Waals surface area contributed by atoms with Gasteiger partial charge in [-0.05, 0) is 19.3 Å². The number of piperazine rings is 1. The number of esters is 1. The zero-order chi connectivity index (χ0) is 18.1. The standard InChI is InChI=1S/C18H31N3O4/c1-2-3-11-25-17(23)12-15-18(24)19-9-10-21(15)16(22)13-20-14-7-5-4-6-8-14/h14-15,20H,2-13H2,1H3,(H,19,24). The van der Waals surface area contributed by atoms with Crippen molar-refractivity contribution < 1.29 is 19.1 Å². The van der Waals surface area contributed by atoms with E-state index in [2.05, 4.69) is 10.6 Å². The zero-order valence-corrected chi connectivity index (χ0v) is 15.2. The van der Waals surface area contributed by atoms with Gasteiger partial charge in [0.25, 0.3) is 0 Å². The lowest BCUT2D eigenvalue weighted by molar-refractivity contribution is -0.151. The molecule has 2 N–H and O–H groups in total. The number of unbranched alkanes of at least 4 members (excludes halogenated alkanes) is 1. The van der Waals surface area contributed by atoms with Gasteiger partial charge in [-0.1, -0.05) is 32.6 Å². The van der Waals surface area contributed by atoms with Gasteiger partial charge in [0.15, 0.2) is 0 Å². The molecule has 1 heterocycles. The van der Waals surface area contributed by atoms with Crippen molar-refractivity contribution in [3.05, 3.63) is 0 Å². The first kappa shape index (κ1) is 19.7. The van der Waals surface area contributed by atoms with Crippen LogP contribution in [0.3, 0.4) is 0 Å². The third-order valence-corrected chi connectivity index (χ3v) is 4.92. The quantitative estimate of drug-likeness (QED) is 0.501. The van der Waals surface area contributed by atoms with Crippen LogP contribution in [-0.4, -0.2) is 61.0 Å². The Morgan fingerprint density at radius 3 is 2.76 bits per heavy atom. The van der Waals surface area contributed by atoms with Crippen molar-refractivity contribution in [2.24, 2.45) is 0 Å². The van der Waals surface area contributed by atoms with E-state index in [1.165, 1.54) is 24.2 Å². The molecule has 0 radical (unpaired) electrons. The number of nitrogens with one attached hydrogen (secondary N) is 2. The Balaban J connectivity index is 1.85. The minimum absolute atomic E-state index is 0.0787.